The first-order valence-electron chi connectivity index (χ1n) is 8.07. The van der Waals surface area contributed by atoms with Crippen molar-refractivity contribution < 1.29 is 9.47 Å². The van der Waals surface area contributed by atoms with Crippen LogP contribution < -0.4 is 14.8 Å². The van der Waals surface area contributed by atoms with E-state index in [1.54, 1.807) is 17.5 Å². The van der Waals surface area contributed by atoms with Gasteiger partial charge in [0.05, 0.1) is 21.3 Å². The largest absolute Gasteiger partial charge is 0.454 e. The number of nitrogens with zero attached hydrogens (tertiary/aromatic N) is 3. The van der Waals surface area contributed by atoms with Crippen LogP contribution in [0.1, 0.15) is 30.5 Å². The summed E-state index contributed by atoms with van der Waals surface area (Å²) in [6.07, 6.45) is 1.76. The average molecular weight is 354 g/mol. The fourth-order valence-corrected chi connectivity index (χ4v) is 3.59. The van der Waals surface area contributed by atoms with E-state index in [0.29, 0.717) is 11.9 Å². The maximum atomic E-state index is 5.40. The second kappa shape index (κ2) is 6.33. The van der Waals surface area contributed by atoms with Gasteiger partial charge in [-0.05, 0) is 25.1 Å². The Labute approximate surface area is 149 Å². The molecule has 4 rings (SSSR count). The standard InChI is InChI=1S/C18H18N4O2S/c1-10(2)17-20-11(3)16(25-17)13-6-7-19-18(22-13)21-12-4-5-14-15(8-12)24-9-23-14/h4-8,10H,9H2,1-3H3,(H,19,21,22). The molecule has 0 fully saturated rings. The van der Waals surface area contributed by atoms with Crippen LogP contribution >= 0.6 is 11.3 Å². The van der Waals surface area contributed by atoms with Crippen LogP contribution in [0.2, 0.25) is 0 Å². The van der Waals surface area contributed by atoms with Gasteiger partial charge in [-0.15, -0.1) is 11.3 Å². The zero-order chi connectivity index (χ0) is 17.4. The molecule has 1 aliphatic heterocycles. The first kappa shape index (κ1) is 15.8. The molecule has 0 atom stereocenters. The molecule has 0 radical (unpaired) electrons. The monoisotopic (exact) mass is 354 g/mol. The van der Waals surface area contributed by atoms with E-state index in [2.05, 4.69) is 34.1 Å². The fourth-order valence-electron chi connectivity index (χ4n) is 2.55. The lowest BCUT2D eigenvalue weighted by Gasteiger charge is -2.07. The van der Waals surface area contributed by atoms with Gasteiger partial charge >= 0.3 is 0 Å². The van der Waals surface area contributed by atoms with E-state index in [-0.39, 0.29) is 6.79 Å². The van der Waals surface area contributed by atoms with Crippen LogP contribution in [0.3, 0.4) is 0 Å². The molecule has 0 saturated carbocycles. The number of nitrogens with one attached hydrogen (secondary N) is 1. The van der Waals surface area contributed by atoms with Gasteiger partial charge in [0.1, 0.15) is 0 Å². The Hall–Kier alpha value is -2.67. The summed E-state index contributed by atoms with van der Waals surface area (Å²) >= 11 is 1.69. The molecule has 1 aromatic carbocycles. The van der Waals surface area contributed by atoms with Crippen LogP contribution in [0.15, 0.2) is 30.5 Å². The number of anilines is 2. The number of aromatic nitrogens is 3. The van der Waals surface area contributed by atoms with Gasteiger partial charge in [0.25, 0.3) is 0 Å². The van der Waals surface area contributed by atoms with E-state index in [0.717, 1.165) is 38.5 Å². The highest BCUT2D eigenvalue weighted by atomic mass is 32.1. The molecule has 3 aromatic rings. The van der Waals surface area contributed by atoms with Crippen LogP contribution in [0.4, 0.5) is 11.6 Å². The Kier molecular flexibility index (Phi) is 4.01. The van der Waals surface area contributed by atoms with Crippen molar-refractivity contribution in [2.75, 3.05) is 12.1 Å². The van der Waals surface area contributed by atoms with E-state index in [1.807, 2.05) is 31.2 Å². The second-order valence-electron chi connectivity index (χ2n) is 6.08. The van der Waals surface area contributed by atoms with Crippen LogP contribution in [-0.4, -0.2) is 21.7 Å². The number of hydrogen-bond acceptors (Lipinski definition) is 7. The maximum absolute atomic E-state index is 5.40. The molecule has 1 N–H and O–H groups in total. The van der Waals surface area contributed by atoms with E-state index < -0.39 is 0 Å². The molecule has 0 spiro atoms. The summed E-state index contributed by atoms with van der Waals surface area (Å²) in [6, 6.07) is 7.58. The smallest absolute Gasteiger partial charge is 0.231 e. The van der Waals surface area contributed by atoms with Crippen molar-refractivity contribution in [3.05, 3.63) is 41.2 Å². The molecule has 0 amide bonds. The predicted octanol–water partition coefficient (Wildman–Crippen LogP) is 4.50. The molecule has 0 aliphatic carbocycles. The Morgan fingerprint density at radius 2 is 1.96 bits per heavy atom. The molecule has 6 nitrogen and oxygen atoms in total. The summed E-state index contributed by atoms with van der Waals surface area (Å²) in [5.74, 6) is 2.42. The Morgan fingerprint density at radius 1 is 1.12 bits per heavy atom. The van der Waals surface area contributed by atoms with Crippen molar-refractivity contribution >= 4 is 23.0 Å². The van der Waals surface area contributed by atoms with Gasteiger partial charge in [-0.2, -0.15) is 0 Å². The summed E-state index contributed by atoms with van der Waals surface area (Å²) in [5, 5.41) is 4.34. The lowest BCUT2D eigenvalue weighted by atomic mass is 10.2. The number of fused-ring (bicyclic) bond motifs is 1. The van der Waals surface area contributed by atoms with Crippen molar-refractivity contribution in [2.45, 2.75) is 26.7 Å². The van der Waals surface area contributed by atoms with Gasteiger partial charge in [-0.25, -0.2) is 15.0 Å². The van der Waals surface area contributed by atoms with Crippen molar-refractivity contribution in [3.8, 4) is 22.1 Å². The van der Waals surface area contributed by atoms with Gasteiger partial charge in [0, 0.05) is 23.9 Å². The quantitative estimate of drug-likeness (QED) is 0.744. The normalized spacial score (nSPS) is 12.6. The molecule has 0 saturated heterocycles. The number of thiazole rings is 1. The third-order valence-corrected chi connectivity index (χ3v) is 5.30. The minimum absolute atomic E-state index is 0.258. The van der Waals surface area contributed by atoms with Gasteiger partial charge < -0.3 is 14.8 Å². The third kappa shape index (κ3) is 3.15. The van der Waals surface area contributed by atoms with E-state index in [1.165, 1.54) is 0 Å². The number of rotatable bonds is 4. The minimum atomic E-state index is 0.258. The van der Waals surface area contributed by atoms with Crippen molar-refractivity contribution in [1.29, 1.82) is 0 Å². The molecule has 3 heterocycles. The minimum Gasteiger partial charge on any atom is -0.454 e. The summed E-state index contributed by atoms with van der Waals surface area (Å²) in [4.78, 5) is 14.7. The van der Waals surface area contributed by atoms with Gasteiger partial charge in [0.15, 0.2) is 11.5 Å². The van der Waals surface area contributed by atoms with Crippen molar-refractivity contribution in [2.24, 2.45) is 0 Å². The molecule has 7 heteroatoms. The topological polar surface area (TPSA) is 69.2 Å². The highest BCUT2D eigenvalue weighted by molar-refractivity contribution is 7.15. The Balaban J connectivity index is 1.61. The third-order valence-electron chi connectivity index (χ3n) is 3.82. The number of aryl methyl sites for hydroxylation is 1. The van der Waals surface area contributed by atoms with Crippen LogP contribution in [-0.2, 0) is 0 Å². The van der Waals surface area contributed by atoms with Crippen LogP contribution in [0.5, 0.6) is 11.5 Å². The highest BCUT2D eigenvalue weighted by Crippen LogP contribution is 2.35. The molecule has 1 aliphatic rings. The van der Waals surface area contributed by atoms with E-state index in [9.17, 15) is 0 Å². The van der Waals surface area contributed by atoms with E-state index in [4.69, 9.17) is 9.47 Å². The SMILES string of the molecule is Cc1nc(C(C)C)sc1-c1ccnc(Nc2ccc3c(c2)OCO3)n1. The lowest BCUT2D eigenvalue weighted by Crippen LogP contribution is -1.97. The molecular weight excluding hydrogens is 336 g/mol. The first-order chi connectivity index (χ1) is 12.1. The number of hydrogen-bond donors (Lipinski definition) is 1. The van der Waals surface area contributed by atoms with Crippen molar-refractivity contribution in [1.82, 2.24) is 15.0 Å². The second-order valence-corrected chi connectivity index (χ2v) is 7.11. The molecule has 2 aromatic heterocycles. The Morgan fingerprint density at radius 3 is 2.76 bits per heavy atom. The summed E-state index contributed by atoms with van der Waals surface area (Å²) in [7, 11) is 0. The molecule has 128 valence electrons. The number of benzene rings is 1. The molecule has 0 unspecified atom stereocenters. The van der Waals surface area contributed by atoms with Crippen LogP contribution in [0.25, 0.3) is 10.6 Å². The van der Waals surface area contributed by atoms with E-state index >= 15 is 0 Å². The van der Waals surface area contributed by atoms with Crippen molar-refractivity contribution in [3.63, 3.8) is 0 Å². The van der Waals surface area contributed by atoms with Gasteiger partial charge in [-0.1, -0.05) is 13.8 Å². The predicted molar refractivity (Wildman–Crippen MR) is 97.8 cm³/mol. The number of ether oxygens (including phenoxy) is 2. The summed E-state index contributed by atoms with van der Waals surface area (Å²) in [6.45, 7) is 6.57. The van der Waals surface area contributed by atoms with Gasteiger partial charge in [0.2, 0.25) is 12.7 Å². The fraction of sp³-hybridized carbons (Fsp3) is 0.278. The maximum Gasteiger partial charge on any atom is 0.231 e. The molecular formula is C18H18N4O2S. The zero-order valence-corrected chi connectivity index (χ0v) is 15.1. The zero-order valence-electron chi connectivity index (χ0n) is 14.2. The highest BCUT2D eigenvalue weighted by Gasteiger charge is 2.15. The molecule has 25 heavy (non-hydrogen) atoms. The summed E-state index contributed by atoms with van der Waals surface area (Å²) in [5.41, 5.74) is 2.73. The average Bonchev–Trinajstić information content (AvgIpc) is 3.21. The Bertz CT molecular complexity index is 923. The molecule has 0 bridgehead atoms. The summed E-state index contributed by atoms with van der Waals surface area (Å²) < 4.78 is 10.7. The van der Waals surface area contributed by atoms with Crippen LogP contribution in [0, 0.1) is 6.92 Å². The lowest BCUT2D eigenvalue weighted by molar-refractivity contribution is 0.174. The van der Waals surface area contributed by atoms with Gasteiger partial charge in [-0.3, -0.25) is 0 Å². The first-order valence-corrected chi connectivity index (χ1v) is 8.89.